The molecule has 0 radical (unpaired) electrons. The van der Waals surface area contributed by atoms with E-state index in [1.807, 2.05) is 0 Å². The predicted octanol–water partition coefficient (Wildman–Crippen LogP) is 2.53. The highest BCUT2D eigenvalue weighted by Crippen LogP contribution is 2.25. The fourth-order valence-corrected chi connectivity index (χ4v) is 2.87. The maximum atomic E-state index is 12.6. The number of guanidine groups is 1. The molecule has 0 saturated carbocycles. The molecule has 2 rings (SSSR count). The maximum absolute atomic E-state index is 12.6. The van der Waals surface area contributed by atoms with E-state index in [2.05, 4.69) is 32.3 Å². The summed E-state index contributed by atoms with van der Waals surface area (Å²) in [6.45, 7) is 0.415. The number of likely N-dealkylation sites (tertiary alicyclic amines) is 1. The van der Waals surface area contributed by atoms with E-state index in [0.717, 1.165) is 26.1 Å². The van der Waals surface area contributed by atoms with Crippen LogP contribution in [-0.2, 0) is 6.54 Å². The molecule has 0 aliphatic carbocycles. The Morgan fingerprint density at radius 1 is 1.38 bits per heavy atom. The molecule has 1 unspecified atom stereocenters. The molecule has 1 aliphatic rings. The molecule has 1 saturated heterocycles. The number of alkyl halides is 2. The first-order valence-corrected chi connectivity index (χ1v) is 8.26. The van der Waals surface area contributed by atoms with E-state index < -0.39 is 6.61 Å². The highest BCUT2D eigenvalue weighted by molar-refractivity contribution is 14.0. The fraction of sp³-hybridized carbons (Fsp3) is 0.588. The Balaban J connectivity index is 0.00000338. The Kier molecular flexibility index (Phi) is 9.92. The molecule has 9 heteroatoms. The van der Waals surface area contributed by atoms with E-state index in [0.29, 0.717) is 29.7 Å². The summed E-state index contributed by atoms with van der Waals surface area (Å²) in [6.07, 6.45) is 1.16. The molecule has 148 valence electrons. The van der Waals surface area contributed by atoms with Gasteiger partial charge in [0.1, 0.15) is 11.5 Å². The molecule has 0 amide bonds. The zero-order valence-corrected chi connectivity index (χ0v) is 17.6. The number of methoxy groups -OCH3 is 1. The molecule has 1 aliphatic heterocycles. The van der Waals surface area contributed by atoms with E-state index in [9.17, 15) is 8.78 Å². The van der Waals surface area contributed by atoms with E-state index in [1.165, 1.54) is 13.2 Å². The normalized spacial score (nSPS) is 17.8. The van der Waals surface area contributed by atoms with Crippen molar-refractivity contribution in [1.82, 2.24) is 15.5 Å². The maximum Gasteiger partial charge on any atom is 0.387 e. The monoisotopic (exact) mass is 484 g/mol. The average Bonchev–Trinajstić information content (AvgIpc) is 3.01. The molecule has 26 heavy (non-hydrogen) atoms. The number of nitrogens with zero attached hydrogens (tertiary/aromatic N) is 2. The Hall–Kier alpha value is -1.36. The zero-order chi connectivity index (χ0) is 18.2. The SMILES string of the molecule is CN=C(NCc1cc(OC)ccc1OC(F)F)NCC1CCN(C)C1.I. The number of rotatable bonds is 7. The third-order valence-corrected chi connectivity index (χ3v) is 4.20. The van der Waals surface area contributed by atoms with Crippen molar-refractivity contribution in [3.05, 3.63) is 23.8 Å². The Bertz CT molecular complexity index is 590. The van der Waals surface area contributed by atoms with Gasteiger partial charge in [0, 0.05) is 32.2 Å². The van der Waals surface area contributed by atoms with Crippen molar-refractivity contribution in [1.29, 1.82) is 0 Å². The first-order valence-electron chi connectivity index (χ1n) is 8.26. The first kappa shape index (κ1) is 22.7. The molecule has 2 N–H and O–H groups in total. The lowest BCUT2D eigenvalue weighted by Gasteiger charge is -2.17. The van der Waals surface area contributed by atoms with Crippen molar-refractivity contribution < 1.29 is 18.3 Å². The summed E-state index contributed by atoms with van der Waals surface area (Å²) < 4.78 is 34.8. The molecule has 1 fully saturated rings. The van der Waals surface area contributed by atoms with Crippen LogP contribution in [0.25, 0.3) is 0 Å². The third-order valence-electron chi connectivity index (χ3n) is 4.20. The van der Waals surface area contributed by atoms with E-state index in [-0.39, 0.29) is 29.7 Å². The van der Waals surface area contributed by atoms with Gasteiger partial charge in [-0.05, 0) is 44.1 Å². The van der Waals surface area contributed by atoms with Crippen molar-refractivity contribution in [3.63, 3.8) is 0 Å². The number of hydrogen-bond acceptors (Lipinski definition) is 4. The average molecular weight is 484 g/mol. The Morgan fingerprint density at radius 3 is 2.73 bits per heavy atom. The number of benzene rings is 1. The summed E-state index contributed by atoms with van der Waals surface area (Å²) in [7, 11) is 5.32. The van der Waals surface area contributed by atoms with Crippen LogP contribution in [0.2, 0.25) is 0 Å². The van der Waals surface area contributed by atoms with Gasteiger partial charge in [-0.1, -0.05) is 0 Å². The van der Waals surface area contributed by atoms with Gasteiger partial charge in [-0.15, -0.1) is 24.0 Å². The van der Waals surface area contributed by atoms with Crippen molar-refractivity contribution in [3.8, 4) is 11.5 Å². The van der Waals surface area contributed by atoms with Crippen LogP contribution >= 0.6 is 24.0 Å². The molecule has 0 bridgehead atoms. The first-order chi connectivity index (χ1) is 12.0. The second kappa shape index (κ2) is 11.4. The number of halogens is 3. The lowest BCUT2D eigenvalue weighted by atomic mass is 10.1. The molecular formula is C17H27F2IN4O2. The van der Waals surface area contributed by atoms with Gasteiger partial charge < -0.3 is 25.0 Å². The summed E-state index contributed by atoms with van der Waals surface area (Å²) >= 11 is 0. The third kappa shape index (κ3) is 7.10. The molecule has 1 heterocycles. The molecule has 0 spiro atoms. The van der Waals surface area contributed by atoms with Gasteiger partial charge in [-0.25, -0.2) is 0 Å². The van der Waals surface area contributed by atoms with E-state index >= 15 is 0 Å². The van der Waals surface area contributed by atoms with Gasteiger partial charge in [0.15, 0.2) is 5.96 Å². The summed E-state index contributed by atoms with van der Waals surface area (Å²) in [4.78, 5) is 6.48. The van der Waals surface area contributed by atoms with Gasteiger partial charge in [0.05, 0.1) is 7.11 Å². The van der Waals surface area contributed by atoms with Crippen LogP contribution in [0.1, 0.15) is 12.0 Å². The summed E-state index contributed by atoms with van der Waals surface area (Å²) in [5, 5.41) is 6.41. The minimum Gasteiger partial charge on any atom is -0.497 e. The largest absolute Gasteiger partial charge is 0.497 e. The Morgan fingerprint density at radius 2 is 2.15 bits per heavy atom. The molecular weight excluding hydrogens is 457 g/mol. The number of ether oxygens (including phenoxy) is 2. The highest BCUT2D eigenvalue weighted by Gasteiger charge is 2.19. The molecule has 1 aromatic rings. The Labute approximate surface area is 170 Å². The second-order valence-corrected chi connectivity index (χ2v) is 6.08. The van der Waals surface area contributed by atoms with Crippen molar-refractivity contribution in [2.24, 2.45) is 10.9 Å². The van der Waals surface area contributed by atoms with Gasteiger partial charge in [-0.3, -0.25) is 4.99 Å². The van der Waals surface area contributed by atoms with Crippen LogP contribution in [-0.4, -0.2) is 58.3 Å². The summed E-state index contributed by atoms with van der Waals surface area (Å²) in [6, 6.07) is 4.74. The fourth-order valence-electron chi connectivity index (χ4n) is 2.87. The van der Waals surface area contributed by atoms with Crippen LogP contribution in [0.4, 0.5) is 8.78 Å². The zero-order valence-electron chi connectivity index (χ0n) is 15.3. The topological polar surface area (TPSA) is 58.1 Å². The van der Waals surface area contributed by atoms with Gasteiger partial charge in [0.25, 0.3) is 0 Å². The van der Waals surface area contributed by atoms with Gasteiger partial charge in [-0.2, -0.15) is 8.78 Å². The van der Waals surface area contributed by atoms with Crippen molar-refractivity contribution in [2.45, 2.75) is 19.6 Å². The number of nitrogens with one attached hydrogen (secondary N) is 2. The molecule has 1 aromatic carbocycles. The quantitative estimate of drug-likeness (QED) is 0.354. The minimum atomic E-state index is -2.87. The van der Waals surface area contributed by atoms with E-state index in [1.54, 1.807) is 19.2 Å². The van der Waals surface area contributed by atoms with Crippen LogP contribution < -0.4 is 20.1 Å². The standard InChI is InChI=1S/C17H26F2N4O2.HI/c1-20-17(21-9-12-6-7-23(2)11-12)22-10-13-8-14(24-3)4-5-15(13)25-16(18)19;/h4-5,8,12,16H,6-7,9-11H2,1-3H3,(H2,20,21,22);1H. The van der Waals surface area contributed by atoms with Crippen molar-refractivity contribution >= 4 is 29.9 Å². The van der Waals surface area contributed by atoms with Crippen LogP contribution in [0, 0.1) is 5.92 Å². The smallest absolute Gasteiger partial charge is 0.387 e. The van der Waals surface area contributed by atoms with E-state index in [4.69, 9.17) is 4.74 Å². The summed E-state index contributed by atoms with van der Waals surface area (Å²) in [5.41, 5.74) is 0.572. The second-order valence-electron chi connectivity index (χ2n) is 6.08. The van der Waals surface area contributed by atoms with Crippen molar-refractivity contribution in [2.75, 3.05) is 40.8 Å². The molecule has 1 atom stereocenters. The number of hydrogen-bond donors (Lipinski definition) is 2. The van der Waals surface area contributed by atoms with Crippen LogP contribution in [0.3, 0.4) is 0 Å². The van der Waals surface area contributed by atoms with Crippen LogP contribution in [0.5, 0.6) is 11.5 Å². The minimum absolute atomic E-state index is 0. The van der Waals surface area contributed by atoms with Crippen LogP contribution in [0.15, 0.2) is 23.2 Å². The highest BCUT2D eigenvalue weighted by atomic mass is 127. The lowest BCUT2D eigenvalue weighted by molar-refractivity contribution is -0.0504. The number of aliphatic imine (C=N–C) groups is 1. The lowest BCUT2D eigenvalue weighted by Crippen LogP contribution is -2.39. The molecule has 0 aromatic heterocycles. The van der Waals surface area contributed by atoms with Gasteiger partial charge in [0.2, 0.25) is 0 Å². The molecule has 6 nitrogen and oxygen atoms in total. The van der Waals surface area contributed by atoms with Gasteiger partial charge >= 0.3 is 6.61 Å². The summed E-state index contributed by atoms with van der Waals surface area (Å²) in [5.74, 6) is 1.91. The predicted molar refractivity (Wildman–Crippen MR) is 109 cm³/mol.